The lowest BCUT2D eigenvalue weighted by Crippen LogP contribution is -2.46. The van der Waals surface area contributed by atoms with Crippen LogP contribution in [0.3, 0.4) is 0 Å². The highest BCUT2D eigenvalue weighted by Crippen LogP contribution is 2.31. The van der Waals surface area contributed by atoms with Crippen LogP contribution in [0.1, 0.15) is 32.3 Å². The highest BCUT2D eigenvalue weighted by atomic mass is 16.5. The summed E-state index contributed by atoms with van der Waals surface area (Å²) in [5.74, 6) is 2.06. The molecule has 0 aliphatic rings. The van der Waals surface area contributed by atoms with Gasteiger partial charge in [-0.3, -0.25) is 0 Å². The fourth-order valence-corrected chi connectivity index (χ4v) is 3.25. The van der Waals surface area contributed by atoms with Gasteiger partial charge < -0.3 is 35.3 Å². The summed E-state index contributed by atoms with van der Waals surface area (Å²) < 4.78 is 16.4. The van der Waals surface area contributed by atoms with E-state index in [1.165, 1.54) is 4.90 Å². The molecule has 8 heteroatoms. The number of carbonyl (C=O) groups is 1. The molecule has 0 saturated heterocycles. The van der Waals surface area contributed by atoms with Crippen LogP contribution in [-0.2, 0) is 11.2 Å². The van der Waals surface area contributed by atoms with Gasteiger partial charge in [-0.15, -0.1) is 0 Å². The maximum atomic E-state index is 11.7. The summed E-state index contributed by atoms with van der Waals surface area (Å²) in [6.07, 6.45) is 1.45. The first-order valence-electron chi connectivity index (χ1n) is 10.9. The van der Waals surface area contributed by atoms with Crippen LogP contribution in [0.5, 0.6) is 11.5 Å². The molecule has 0 heterocycles. The molecule has 0 radical (unpaired) electrons. The van der Waals surface area contributed by atoms with E-state index in [-0.39, 0.29) is 18.5 Å². The number of methoxy groups -OCH3 is 2. The van der Waals surface area contributed by atoms with Crippen molar-refractivity contribution in [2.24, 2.45) is 17.6 Å². The smallest absolute Gasteiger partial charge is 0.316 e. The lowest BCUT2D eigenvalue weighted by molar-refractivity contribution is 0.123. The van der Waals surface area contributed by atoms with Gasteiger partial charge in [-0.25, -0.2) is 4.79 Å². The normalized spacial score (nSPS) is 14.1. The zero-order chi connectivity index (χ0) is 23.4. The van der Waals surface area contributed by atoms with E-state index in [2.05, 4.69) is 19.2 Å². The van der Waals surface area contributed by atoms with E-state index in [0.29, 0.717) is 37.1 Å². The first kappa shape index (κ1) is 27.0. The Kier molecular flexibility index (Phi) is 12.3. The van der Waals surface area contributed by atoms with Crippen LogP contribution in [0.2, 0.25) is 0 Å². The fourth-order valence-electron chi connectivity index (χ4n) is 3.25. The van der Waals surface area contributed by atoms with Gasteiger partial charge in [0.1, 0.15) is 0 Å². The second-order valence-corrected chi connectivity index (χ2v) is 8.44. The monoisotopic (exact) mass is 439 g/mol. The maximum absolute atomic E-state index is 11.7. The Hall–Kier alpha value is -2.03. The predicted molar refractivity (Wildman–Crippen MR) is 123 cm³/mol. The van der Waals surface area contributed by atoms with Crippen molar-refractivity contribution in [3.05, 3.63) is 23.8 Å². The number of rotatable bonds is 14. The molecule has 3 unspecified atom stereocenters. The third kappa shape index (κ3) is 9.76. The topological polar surface area (TPSA) is 106 Å². The number of aliphatic hydroxyl groups is 1. The van der Waals surface area contributed by atoms with Crippen LogP contribution < -0.4 is 20.5 Å². The molecule has 0 bridgehead atoms. The van der Waals surface area contributed by atoms with Crippen molar-refractivity contribution in [2.75, 3.05) is 48.1 Å². The molecule has 0 aliphatic carbocycles. The molecule has 4 N–H and O–H groups in total. The van der Waals surface area contributed by atoms with E-state index in [1.54, 1.807) is 28.3 Å². The van der Waals surface area contributed by atoms with Crippen LogP contribution in [0.25, 0.3) is 0 Å². The molecular weight excluding hydrogens is 398 g/mol. The Bertz CT molecular complexity index is 654. The summed E-state index contributed by atoms with van der Waals surface area (Å²) in [5, 5.41) is 13.1. The Morgan fingerprint density at radius 3 is 2.48 bits per heavy atom. The van der Waals surface area contributed by atoms with Gasteiger partial charge in [-0.1, -0.05) is 19.9 Å². The van der Waals surface area contributed by atoms with Gasteiger partial charge in [0, 0.05) is 46.8 Å². The molecule has 0 aliphatic heterocycles. The number of carbonyl (C=O) groups excluding carboxylic acids is 1. The van der Waals surface area contributed by atoms with Crippen molar-refractivity contribution in [3.8, 4) is 11.5 Å². The highest BCUT2D eigenvalue weighted by Gasteiger charge is 2.23. The van der Waals surface area contributed by atoms with Gasteiger partial charge in [0.15, 0.2) is 11.5 Å². The van der Waals surface area contributed by atoms with E-state index in [9.17, 15) is 9.90 Å². The molecular formula is C23H41N3O5. The van der Waals surface area contributed by atoms with Crippen molar-refractivity contribution >= 4 is 6.03 Å². The largest absolute Gasteiger partial charge is 0.493 e. The van der Waals surface area contributed by atoms with E-state index >= 15 is 0 Å². The predicted octanol–water partition coefficient (Wildman–Crippen LogP) is 2.27. The number of hydrogen-bond donors (Lipinski definition) is 3. The Balaban J connectivity index is 2.75. The number of nitrogens with one attached hydrogen (secondary N) is 1. The summed E-state index contributed by atoms with van der Waals surface area (Å²) in [4.78, 5) is 13.1. The minimum atomic E-state index is -0.805. The number of nitrogens with two attached hydrogens (primary N) is 1. The third-order valence-electron chi connectivity index (χ3n) is 5.36. The summed E-state index contributed by atoms with van der Waals surface area (Å²) in [6, 6.07) is 5.29. The number of hydrogen-bond acceptors (Lipinski definition) is 6. The molecule has 0 aromatic heterocycles. The summed E-state index contributed by atoms with van der Waals surface area (Å²) >= 11 is 0. The number of aliphatic hydroxyl groups excluding tert-OH is 1. The number of urea groups is 1. The SMILES string of the molecule is COCCCOc1cc(CC(CC(N)C(O)CNC(=O)N(C)C)C(C)C)ccc1OC. The molecule has 0 fully saturated rings. The number of benzene rings is 1. The van der Waals surface area contributed by atoms with Crippen molar-refractivity contribution < 1.29 is 24.1 Å². The quantitative estimate of drug-likeness (QED) is 0.384. The summed E-state index contributed by atoms with van der Waals surface area (Å²) in [5.41, 5.74) is 7.40. The average molecular weight is 440 g/mol. The lowest BCUT2D eigenvalue weighted by Gasteiger charge is -2.28. The molecule has 178 valence electrons. The second-order valence-electron chi connectivity index (χ2n) is 8.44. The minimum Gasteiger partial charge on any atom is -0.493 e. The Morgan fingerprint density at radius 2 is 1.90 bits per heavy atom. The fraction of sp³-hybridized carbons (Fsp3) is 0.696. The number of amides is 2. The highest BCUT2D eigenvalue weighted by molar-refractivity contribution is 5.73. The minimum absolute atomic E-state index is 0.130. The van der Waals surface area contributed by atoms with Gasteiger partial charge in [0.2, 0.25) is 0 Å². The first-order valence-corrected chi connectivity index (χ1v) is 10.9. The molecule has 0 saturated carbocycles. The Morgan fingerprint density at radius 1 is 1.19 bits per heavy atom. The summed E-state index contributed by atoms with van der Waals surface area (Å²) in [6.45, 7) is 5.64. The van der Waals surface area contributed by atoms with E-state index in [4.69, 9.17) is 19.9 Å². The van der Waals surface area contributed by atoms with E-state index < -0.39 is 12.1 Å². The van der Waals surface area contributed by atoms with Gasteiger partial charge in [-0.05, 0) is 42.4 Å². The van der Waals surface area contributed by atoms with Crippen molar-refractivity contribution in [3.63, 3.8) is 0 Å². The van der Waals surface area contributed by atoms with Crippen molar-refractivity contribution in [1.29, 1.82) is 0 Å². The lowest BCUT2D eigenvalue weighted by atomic mass is 9.83. The first-order chi connectivity index (χ1) is 14.7. The number of ether oxygens (including phenoxy) is 3. The Labute approximate surface area is 187 Å². The third-order valence-corrected chi connectivity index (χ3v) is 5.36. The molecule has 0 spiro atoms. The zero-order valence-corrected chi connectivity index (χ0v) is 19.9. The molecule has 1 aromatic rings. The van der Waals surface area contributed by atoms with Crippen molar-refractivity contribution in [1.82, 2.24) is 10.2 Å². The zero-order valence-electron chi connectivity index (χ0n) is 19.9. The van der Waals surface area contributed by atoms with Crippen molar-refractivity contribution in [2.45, 2.75) is 45.3 Å². The molecule has 2 amide bonds. The molecule has 1 rings (SSSR count). The van der Waals surface area contributed by atoms with E-state index in [0.717, 1.165) is 18.4 Å². The van der Waals surface area contributed by atoms with Crippen LogP contribution in [-0.4, -0.2) is 76.3 Å². The van der Waals surface area contributed by atoms with Crippen LogP contribution in [0, 0.1) is 11.8 Å². The standard InChI is InChI=1S/C23H41N3O5/c1-16(2)18(14-19(24)20(27)15-25-23(28)26(3)4)12-17-8-9-21(30-6)22(13-17)31-11-7-10-29-5/h8-9,13,16,18-20,27H,7,10-12,14-15,24H2,1-6H3,(H,25,28). The average Bonchev–Trinajstić information content (AvgIpc) is 2.74. The second kappa shape index (κ2) is 14.1. The molecule has 1 aromatic carbocycles. The van der Waals surface area contributed by atoms with Crippen LogP contribution >= 0.6 is 0 Å². The van der Waals surface area contributed by atoms with Crippen LogP contribution in [0.4, 0.5) is 4.79 Å². The van der Waals surface area contributed by atoms with Gasteiger partial charge in [0.05, 0.1) is 19.8 Å². The molecule has 31 heavy (non-hydrogen) atoms. The van der Waals surface area contributed by atoms with Gasteiger partial charge >= 0.3 is 6.03 Å². The van der Waals surface area contributed by atoms with Gasteiger partial charge in [0.25, 0.3) is 0 Å². The summed E-state index contributed by atoms with van der Waals surface area (Å²) in [7, 11) is 6.61. The maximum Gasteiger partial charge on any atom is 0.316 e. The van der Waals surface area contributed by atoms with Crippen LogP contribution in [0.15, 0.2) is 18.2 Å². The molecule has 8 nitrogen and oxygen atoms in total. The van der Waals surface area contributed by atoms with E-state index in [1.807, 2.05) is 18.2 Å². The van der Waals surface area contributed by atoms with Gasteiger partial charge in [-0.2, -0.15) is 0 Å². The number of nitrogens with zero attached hydrogens (tertiary/aromatic N) is 1. The molecule has 3 atom stereocenters.